The van der Waals surface area contributed by atoms with Crippen LogP contribution in [0.4, 0.5) is 11.4 Å². The molecule has 1 saturated heterocycles. The van der Waals surface area contributed by atoms with Gasteiger partial charge in [-0.05, 0) is 60.1 Å². The molecule has 1 fully saturated rings. The summed E-state index contributed by atoms with van der Waals surface area (Å²) in [4.78, 5) is 7.75. The molecule has 2 N–H and O–H groups in total. The average molecular weight is 431 g/mol. The third-order valence-corrected chi connectivity index (χ3v) is 6.25. The van der Waals surface area contributed by atoms with Crippen LogP contribution in [0.3, 0.4) is 0 Å². The number of rotatable bonds is 5. The first-order chi connectivity index (χ1) is 13.4. The van der Waals surface area contributed by atoms with E-state index < -0.39 is 10.0 Å². The van der Waals surface area contributed by atoms with Gasteiger partial charge in [-0.1, -0.05) is 12.1 Å². The molecule has 3 heterocycles. The Bertz CT molecular complexity index is 1070. The molecule has 0 radical (unpaired) electrons. The van der Waals surface area contributed by atoms with Crippen molar-refractivity contribution < 1.29 is 8.42 Å². The highest BCUT2D eigenvalue weighted by atomic mass is 32.2. The highest BCUT2D eigenvalue weighted by Crippen LogP contribution is 2.43. The summed E-state index contributed by atoms with van der Waals surface area (Å²) in [6, 6.07) is 17.0. The van der Waals surface area contributed by atoms with Gasteiger partial charge in [0.25, 0.3) is 0 Å². The lowest BCUT2D eigenvalue weighted by Gasteiger charge is -2.27. The first kappa shape index (κ1) is 18.9. The molecular weight excluding hydrogens is 412 g/mol. The summed E-state index contributed by atoms with van der Waals surface area (Å²) in [7, 11) is -3.32. The van der Waals surface area contributed by atoms with Gasteiger partial charge < -0.3 is 10.2 Å². The van der Waals surface area contributed by atoms with Crippen molar-refractivity contribution in [2.24, 2.45) is 0 Å². The van der Waals surface area contributed by atoms with E-state index in [1.165, 1.54) is 4.88 Å². The van der Waals surface area contributed by atoms with Crippen molar-refractivity contribution in [2.45, 2.75) is 12.1 Å². The summed E-state index contributed by atoms with van der Waals surface area (Å²) < 4.78 is 25.4. The summed E-state index contributed by atoms with van der Waals surface area (Å²) in [5.41, 5.74) is 2.31. The van der Waals surface area contributed by atoms with Crippen molar-refractivity contribution in [1.29, 1.82) is 0 Å². The van der Waals surface area contributed by atoms with E-state index in [1.807, 2.05) is 41.8 Å². The molecule has 0 bridgehead atoms. The van der Waals surface area contributed by atoms with E-state index in [0.29, 0.717) is 10.8 Å². The third kappa shape index (κ3) is 3.87. The van der Waals surface area contributed by atoms with Gasteiger partial charge in [0.1, 0.15) is 0 Å². The van der Waals surface area contributed by atoms with Crippen LogP contribution in [0.1, 0.15) is 22.7 Å². The zero-order valence-corrected chi connectivity index (χ0v) is 17.4. The molecule has 0 spiro atoms. The fraction of sp³-hybridized carbons (Fsp3) is 0.158. The minimum absolute atomic E-state index is 0.0453. The first-order valence-electron chi connectivity index (χ1n) is 8.54. The number of anilines is 2. The topological polar surface area (TPSA) is 74.3 Å². The fourth-order valence-electron chi connectivity index (χ4n) is 3.29. The van der Waals surface area contributed by atoms with Crippen LogP contribution in [-0.2, 0) is 10.0 Å². The number of thiophene rings is 1. The number of aromatic nitrogens is 1. The number of hydrogen-bond donors (Lipinski definition) is 2. The molecule has 28 heavy (non-hydrogen) atoms. The lowest BCUT2D eigenvalue weighted by Crippen LogP contribution is -2.29. The Kier molecular flexibility index (Phi) is 5.05. The SMILES string of the molecule is CS(=O)(=O)Nc1ccc(N2C(=S)N[C@H](c3ccccn3)[C@@H]2c2cccs2)cc1. The Morgan fingerprint density at radius 3 is 2.54 bits per heavy atom. The van der Waals surface area contributed by atoms with Crippen molar-refractivity contribution in [1.82, 2.24) is 10.3 Å². The maximum Gasteiger partial charge on any atom is 0.229 e. The van der Waals surface area contributed by atoms with Crippen LogP contribution in [0.25, 0.3) is 0 Å². The number of benzene rings is 1. The van der Waals surface area contributed by atoms with Crippen LogP contribution < -0.4 is 14.9 Å². The van der Waals surface area contributed by atoms with E-state index in [2.05, 4.69) is 26.0 Å². The van der Waals surface area contributed by atoms with Gasteiger partial charge in [-0.15, -0.1) is 11.3 Å². The Hall–Kier alpha value is -2.49. The molecule has 3 aromatic rings. The molecule has 2 aromatic heterocycles. The van der Waals surface area contributed by atoms with Crippen LogP contribution >= 0.6 is 23.6 Å². The number of pyridine rings is 1. The van der Waals surface area contributed by atoms with Gasteiger partial charge in [0.15, 0.2) is 5.11 Å². The normalized spacial score (nSPS) is 19.5. The molecule has 2 atom stereocenters. The van der Waals surface area contributed by atoms with Crippen molar-refractivity contribution >= 4 is 50.1 Å². The van der Waals surface area contributed by atoms with Crippen molar-refractivity contribution in [3.8, 4) is 0 Å². The molecule has 1 aliphatic rings. The van der Waals surface area contributed by atoms with E-state index in [-0.39, 0.29) is 12.1 Å². The van der Waals surface area contributed by atoms with Gasteiger partial charge in [-0.2, -0.15) is 0 Å². The predicted octanol–water partition coefficient (Wildman–Crippen LogP) is 3.69. The van der Waals surface area contributed by atoms with Crippen LogP contribution in [0, 0.1) is 0 Å². The lowest BCUT2D eigenvalue weighted by molar-refractivity contribution is 0.575. The maximum atomic E-state index is 11.4. The van der Waals surface area contributed by atoms with E-state index in [4.69, 9.17) is 12.2 Å². The van der Waals surface area contributed by atoms with Gasteiger partial charge in [-0.25, -0.2) is 8.42 Å². The second-order valence-electron chi connectivity index (χ2n) is 6.43. The van der Waals surface area contributed by atoms with Gasteiger partial charge in [0.2, 0.25) is 10.0 Å². The Labute approximate surface area is 173 Å². The van der Waals surface area contributed by atoms with Gasteiger partial charge in [0, 0.05) is 22.4 Å². The maximum absolute atomic E-state index is 11.4. The highest BCUT2D eigenvalue weighted by molar-refractivity contribution is 7.92. The first-order valence-corrected chi connectivity index (χ1v) is 11.7. The molecule has 4 rings (SSSR count). The Morgan fingerprint density at radius 1 is 1.14 bits per heavy atom. The average Bonchev–Trinajstić information content (AvgIpc) is 3.29. The minimum Gasteiger partial charge on any atom is -0.351 e. The largest absolute Gasteiger partial charge is 0.351 e. The smallest absolute Gasteiger partial charge is 0.229 e. The van der Waals surface area contributed by atoms with Crippen molar-refractivity contribution in [2.75, 3.05) is 15.9 Å². The van der Waals surface area contributed by atoms with Gasteiger partial charge in [0.05, 0.1) is 24.0 Å². The van der Waals surface area contributed by atoms with E-state index in [9.17, 15) is 8.42 Å². The number of nitrogens with zero attached hydrogens (tertiary/aromatic N) is 2. The summed E-state index contributed by atoms with van der Waals surface area (Å²) in [6.45, 7) is 0. The molecule has 0 unspecified atom stereocenters. The van der Waals surface area contributed by atoms with E-state index in [1.54, 1.807) is 29.7 Å². The molecule has 0 saturated carbocycles. The zero-order valence-electron chi connectivity index (χ0n) is 14.9. The number of thiocarbonyl (C=S) groups is 1. The molecule has 1 aromatic carbocycles. The minimum atomic E-state index is -3.32. The standard InChI is InChI=1S/C19H18N4O2S3/c1-28(24,25)22-13-7-9-14(10-8-13)23-18(16-6-4-12-27-16)17(21-19(23)26)15-5-2-3-11-20-15/h2-12,17-18,22H,1H3,(H,21,26)/t17-,18+/m1/s1. The van der Waals surface area contributed by atoms with Gasteiger partial charge in [-0.3, -0.25) is 9.71 Å². The van der Waals surface area contributed by atoms with Gasteiger partial charge >= 0.3 is 0 Å². The summed E-state index contributed by atoms with van der Waals surface area (Å²) in [5.74, 6) is 0. The monoisotopic (exact) mass is 430 g/mol. The number of sulfonamides is 1. The lowest BCUT2D eigenvalue weighted by atomic mass is 10.0. The highest BCUT2D eigenvalue weighted by Gasteiger charge is 2.41. The molecule has 6 nitrogen and oxygen atoms in total. The van der Waals surface area contributed by atoms with Crippen LogP contribution in [0.15, 0.2) is 66.2 Å². The van der Waals surface area contributed by atoms with E-state index in [0.717, 1.165) is 17.6 Å². The van der Waals surface area contributed by atoms with Crippen LogP contribution in [-0.4, -0.2) is 24.8 Å². The predicted molar refractivity (Wildman–Crippen MR) is 117 cm³/mol. The quantitative estimate of drug-likeness (QED) is 0.602. The summed E-state index contributed by atoms with van der Waals surface area (Å²) in [5, 5.41) is 6.05. The third-order valence-electron chi connectivity index (χ3n) is 4.38. The fourth-order valence-corrected chi connectivity index (χ4v) is 5.05. The number of hydrogen-bond acceptors (Lipinski definition) is 5. The zero-order chi connectivity index (χ0) is 19.7. The van der Waals surface area contributed by atoms with Crippen LogP contribution in [0.2, 0.25) is 0 Å². The molecule has 9 heteroatoms. The second-order valence-corrected chi connectivity index (χ2v) is 9.55. The Morgan fingerprint density at radius 2 is 1.93 bits per heavy atom. The molecule has 0 aliphatic carbocycles. The Balaban J connectivity index is 1.71. The second kappa shape index (κ2) is 7.50. The molecule has 0 amide bonds. The molecular formula is C19H18N4O2S3. The van der Waals surface area contributed by atoms with Crippen molar-refractivity contribution in [3.05, 3.63) is 76.7 Å². The van der Waals surface area contributed by atoms with Crippen LogP contribution in [0.5, 0.6) is 0 Å². The summed E-state index contributed by atoms with van der Waals surface area (Å²) in [6.07, 6.45) is 2.91. The summed E-state index contributed by atoms with van der Waals surface area (Å²) >= 11 is 7.32. The van der Waals surface area contributed by atoms with Crippen molar-refractivity contribution in [3.63, 3.8) is 0 Å². The molecule has 144 valence electrons. The number of nitrogens with one attached hydrogen (secondary N) is 2. The molecule has 1 aliphatic heterocycles. The van der Waals surface area contributed by atoms with E-state index >= 15 is 0 Å².